The summed E-state index contributed by atoms with van der Waals surface area (Å²) in [6.45, 7) is 2.08. The Morgan fingerprint density at radius 1 is 1.20 bits per heavy atom. The van der Waals surface area contributed by atoms with Crippen LogP contribution in [0.3, 0.4) is 0 Å². The van der Waals surface area contributed by atoms with Crippen LogP contribution in [-0.4, -0.2) is 23.2 Å². The summed E-state index contributed by atoms with van der Waals surface area (Å²) in [5.41, 5.74) is 1.91. The van der Waals surface area contributed by atoms with Crippen LogP contribution in [-0.2, 0) is 4.79 Å². The first-order valence-electron chi connectivity index (χ1n) is 7.92. The first-order valence-corrected chi connectivity index (χ1v) is 7.92. The van der Waals surface area contributed by atoms with Crippen molar-refractivity contribution >= 4 is 34.4 Å². The van der Waals surface area contributed by atoms with Crippen molar-refractivity contribution < 1.29 is 14.5 Å². The summed E-state index contributed by atoms with van der Waals surface area (Å²) in [7, 11) is 0. The van der Waals surface area contributed by atoms with Crippen LogP contribution >= 0.6 is 0 Å². The molecule has 0 saturated carbocycles. The fourth-order valence-electron chi connectivity index (χ4n) is 2.81. The summed E-state index contributed by atoms with van der Waals surface area (Å²) in [4.78, 5) is 35.6. The Morgan fingerprint density at radius 3 is 2.48 bits per heavy atom. The maximum absolute atomic E-state index is 11.8. The van der Waals surface area contributed by atoms with Crippen LogP contribution in [0.25, 0.3) is 0 Å². The molecule has 1 fully saturated rings. The van der Waals surface area contributed by atoms with Crippen LogP contribution in [0, 0.1) is 10.1 Å². The average Bonchev–Trinajstić information content (AvgIpc) is 3.01. The van der Waals surface area contributed by atoms with Gasteiger partial charge in [0.05, 0.1) is 4.92 Å². The monoisotopic (exact) mass is 339 g/mol. The molecular weight excluding hydrogens is 322 g/mol. The van der Waals surface area contributed by atoms with Gasteiger partial charge in [0, 0.05) is 36.0 Å². The van der Waals surface area contributed by atoms with E-state index in [9.17, 15) is 19.7 Å². The molecule has 25 heavy (non-hydrogen) atoms. The molecule has 2 aromatic rings. The summed E-state index contributed by atoms with van der Waals surface area (Å²) in [5, 5.41) is 14.3. The zero-order chi connectivity index (χ0) is 18.0. The molecule has 7 nitrogen and oxygen atoms in total. The Hall–Kier alpha value is -3.22. The second kappa shape index (κ2) is 6.72. The molecule has 7 heteroatoms. The van der Waals surface area contributed by atoms with E-state index in [1.807, 2.05) is 0 Å². The Morgan fingerprint density at radius 2 is 1.92 bits per heavy atom. The number of rotatable bonds is 5. The third-order valence-electron chi connectivity index (χ3n) is 4.13. The van der Waals surface area contributed by atoms with Gasteiger partial charge in [-0.2, -0.15) is 0 Å². The van der Waals surface area contributed by atoms with E-state index < -0.39 is 4.92 Å². The fraction of sp³-hybridized carbons (Fsp3) is 0.222. The van der Waals surface area contributed by atoms with Gasteiger partial charge in [-0.05, 0) is 49.7 Å². The van der Waals surface area contributed by atoms with Gasteiger partial charge in [-0.3, -0.25) is 19.7 Å². The van der Waals surface area contributed by atoms with Crippen molar-refractivity contribution in [1.29, 1.82) is 0 Å². The maximum atomic E-state index is 11.8. The zero-order valence-electron chi connectivity index (χ0n) is 13.7. The lowest BCUT2D eigenvalue weighted by Crippen LogP contribution is -2.23. The Labute approximate surface area is 144 Å². The molecule has 0 aromatic heterocycles. The van der Waals surface area contributed by atoms with Crippen molar-refractivity contribution in [2.75, 3.05) is 16.8 Å². The lowest BCUT2D eigenvalue weighted by Gasteiger charge is -2.16. The maximum Gasteiger partial charge on any atom is 0.293 e. The minimum Gasteiger partial charge on any atom is -0.350 e. The number of nitrogens with zero attached hydrogens (tertiary/aromatic N) is 2. The predicted octanol–water partition coefficient (Wildman–Crippen LogP) is 3.67. The van der Waals surface area contributed by atoms with Gasteiger partial charge in [-0.25, -0.2) is 0 Å². The predicted molar refractivity (Wildman–Crippen MR) is 94.4 cm³/mol. The van der Waals surface area contributed by atoms with Crippen molar-refractivity contribution in [2.45, 2.75) is 19.8 Å². The molecule has 1 aliphatic rings. The summed E-state index contributed by atoms with van der Waals surface area (Å²) in [6, 6.07) is 11.5. The van der Waals surface area contributed by atoms with Gasteiger partial charge in [0.1, 0.15) is 5.69 Å². The minimum absolute atomic E-state index is 0.108. The molecule has 0 unspecified atom stereocenters. The standard InChI is InChI=1S/C18H17N3O4/c1-12(22)13-4-9-16(17(11-13)21(24)25)19-14-5-7-15(8-6-14)20-10-2-3-18(20)23/h4-9,11,19H,2-3,10H2,1H3. The normalized spacial score (nSPS) is 13.8. The van der Waals surface area contributed by atoms with E-state index in [2.05, 4.69) is 5.32 Å². The van der Waals surface area contributed by atoms with E-state index in [4.69, 9.17) is 0 Å². The first-order chi connectivity index (χ1) is 12.0. The first kappa shape index (κ1) is 16.6. The number of nitro groups is 1. The van der Waals surface area contributed by atoms with Crippen molar-refractivity contribution in [3.05, 3.63) is 58.1 Å². The Kier molecular flexibility index (Phi) is 4.47. The molecule has 1 aliphatic heterocycles. The molecule has 1 N–H and O–H groups in total. The summed E-state index contributed by atoms with van der Waals surface area (Å²) >= 11 is 0. The SMILES string of the molecule is CC(=O)c1ccc(Nc2ccc(N3CCCC3=O)cc2)c([N+](=O)[O-])c1. The second-order valence-electron chi connectivity index (χ2n) is 5.87. The van der Waals surface area contributed by atoms with E-state index in [0.29, 0.717) is 29.9 Å². The van der Waals surface area contributed by atoms with E-state index in [1.165, 1.54) is 19.1 Å². The van der Waals surface area contributed by atoms with Crippen LogP contribution in [0.1, 0.15) is 30.1 Å². The van der Waals surface area contributed by atoms with E-state index >= 15 is 0 Å². The number of nitro benzene ring substituents is 1. The highest BCUT2D eigenvalue weighted by atomic mass is 16.6. The molecule has 2 aromatic carbocycles. The van der Waals surface area contributed by atoms with Crippen molar-refractivity contribution in [2.24, 2.45) is 0 Å². The van der Waals surface area contributed by atoms with Crippen LogP contribution in [0.4, 0.5) is 22.7 Å². The van der Waals surface area contributed by atoms with Gasteiger partial charge in [0.2, 0.25) is 5.91 Å². The van der Waals surface area contributed by atoms with E-state index in [0.717, 1.165) is 12.1 Å². The number of amides is 1. The second-order valence-corrected chi connectivity index (χ2v) is 5.87. The smallest absolute Gasteiger partial charge is 0.293 e. The van der Waals surface area contributed by atoms with Gasteiger partial charge in [0.15, 0.2) is 5.78 Å². The quantitative estimate of drug-likeness (QED) is 0.510. The summed E-state index contributed by atoms with van der Waals surface area (Å²) in [6.07, 6.45) is 1.42. The van der Waals surface area contributed by atoms with Crippen LogP contribution < -0.4 is 10.2 Å². The Bertz CT molecular complexity index is 846. The third-order valence-corrected chi connectivity index (χ3v) is 4.13. The highest BCUT2D eigenvalue weighted by Gasteiger charge is 2.21. The molecule has 0 bridgehead atoms. The largest absolute Gasteiger partial charge is 0.350 e. The molecule has 1 saturated heterocycles. The number of benzene rings is 2. The van der Waals surface area contributed by atoms with Gasteiger partial charge in [-0.15, -0.1) is 0 Å². The molecule has 3 rings (SSSR count). The van der Waals surface area contributed by atoms with E-state index in [-0.39, 0.29) is 17.4 Å². The summed E-state index contributed by atoms with van der Waals surface area (Å²) < 4.78 is 0. The van der Waals surface area contributed by atoms with E-state index in [1.54, 1.807) is 35.2 Å². The molecule has 1 heterocycles. The van der Waals surface area contributed by atoms with Crippen molar-refractivity contribution in [3.8, 4) is 0 Å². The highest BCUT2D eigenvalue weighted by Crippen LogP contribution is 2.30. The molecular formula is C18H17N3O4. The van der Waals surface area contributed by atoms with Gasteiger partial charge in [-0.1, -0.05) is 0 Å². The average molecular weight is 339 g/mol. The molecule has 0 spiro atoms. The Balaban J connectivity index is 1.83. The number of anilines is 3. The molecule has 1 amide bonds. The van der Waals surface area contributed by atoms with Crippen molar-refractivity contribution in [3.63, 3.8) is 0 Å². The lowest BCUT2D eigenvalue weighted by atomic mass is 10.1. The number of carbonyl (C=O) groups excluding carboxylic acids is 2. The van der Waals surface area contributed by atoms with Gasteiger partial charge < -0.3 is 10.2 Å². The topological polar surface area (TPSA) is 92.6 Å². The molecule has 0 aliphatic carbocycles. The number of hydrogen-bond donors (Lipinski definition) is 1. The molecule has 128 valence electrons. The fourth-order valence-corrected chi connectivity index (χ4v) is 2.81. The molecule has 0 atom stereocenters. The van der Waals surface area contributed by atoms with Crippen molar-refractivity contribution in [1.82, 2.24) is 0 Å². The minimum atomic E-state index is -0.522. The summed E-state index contributed by atoms with van der Waals surface area (Å²) in [5.74, 6) is -0.120. The highest BCUT2D eigenvalue weighted by molar-refractivity contribution is 5.96. The number of carbonyl (C=O) groups is 2. The number of hydrogen-bond acceptors (Lipinski definition) is 5. The van der Waals surface area contributed by atoms with Gasteiger partial charge in [0.25, 0.3) is 5.69 Å². The van der Waals surface area contributed by atoms with Crippen LogP contribution in [0.5, 0.6) is 0 Å². The number of Topliss-reactive ketones (excluding diaryl/α,β-unsaturated/α-hetero) is 1. The van der Waals surface area contributed by atoms with Crippen LogP contribution in [0.2, 0.25) is 0 Å². The number of ketones is 1. The van der Waals surface area contributed by atoms with Crippen LogP contribution in [0.15, 0.2) is 42.5 Å². The van der Waals surface area contributed by atoms with Gasteiger partial charge >= 0.3 is 0 Å². The zero-order valence-corrected chi connectivity index (χ0v) is 13.7. The third kappa shape index (κ3) is 3.50. The number of nitrogens with one attached hydrogen (secondary N) is 1. The lowest BCUT2D eigenvalue weighted by molar-refractivity contribution is -0.383. The molecule has 0 radical (unpaired) electrons.